The lowest BCUT2D eigenvalue weighted by atomic mass is 9.89. The van der Waals surface area contributed by atoms with Gasteiger partial charge in [0.15, 0.2) is 0 Å². The van der Waals surface area contributed by atoms with E-state index in [1.54, 1.807) is 0 Å². The molecule has 1 saturated heterocycles. The molecule has 3 rings (SSSR count). The maximum absolute atomic E-state index is 12.4. The van der Waals surface area contributed by atoms with E-state index in [1.807, 2.05) is 62.8 Å². The van der Waals surface area contributed by atoms with Gasteiger partial charge < -0.3 is 9.47 Å². The van der Waals surface area contributed by atoms with Gasteiger partial charge in [-0.2, -0.15) is 0 Å². The molecular formula is C20H29N5O. The molecule has 0 unspecified atom stereocenters. The highest BCUT2D eigenvalue weighted by Gasteiger charge is 2.30. The molecule has 6 heteroatoms. The molecule has 0 spiro atoms. The van der Waals surface area contributed by atoms with Gasteiger partial charge in [-0.3, -0.25) is 14.8 Å². The van der Waals surface area contributed by atoms with Crippen molar-refractivity contribution < 1.29 is 4.79 Å². The van der Waals surface area contributed by atoms with Gasteiger partial charge in [0, 0.05) is 31.7 Å². The summed E-state index contributed by atoms with van der Waals surface area (Å²) in [6, 6.07) is 0. The van der Waals surface area contributed by atoms with Crippen LogP contribution in [0.1, 0.15) is 45.1 Å². The topological polar surface area (TPSA) is 63.9 Å². The number of hydrogen-bond acceptors (Lipinski definition) is 4. The normalized spacial score (nSPS) is 16.1. The minimum absolute atomic E-state index is 0.256. The van der Waals surface area contributed by atoms with Crippen molar-refractivity contribution in [3.05, 3.63) is 30.1 Å². The number of nitrogens with zero attached hydrogens (tertiary/aromatic N) is 5. The molecule has 2 aromatic heterocycles. The smallest absolute Gasteiger partial charge is 0.227 e. The molecule has 6 nitrogen and oxygen atoms in total. The van der Waals surface area contributed by atoms with Crippen LogP contribution >= 0.6 is 0 Å². The van der Waals surface area contributed by atoms with Crippen molar-refractivity contribution in [2.45, 2.75) is 47.0 Å². The number of carbonyl (C=O) groups excluding carboxylic acids is 1. The quantitative estimate of drug-likeness (QED) is 0.849. The average molecular weight is 355 g/mol. The van der Waals surface area contributed by atoms with Crippen molar-refractivity contribution in [2.75, 3.05) is 13.1 Å². The van der Waals surface area contributed by atoms with E-state index >= 15 is 0 Å². The zero-order chi connectivity index (χ0) is 18.9. The molecule has 1 aliphatic rings. The molecule has 2 aromatic rings. The van der Waals surface area contributed by atoms with Crippen LogP contribution in [-0.4, -0.2) is 43.4 Å². The third-order valence-electron chi connectivity index (χ3n) is 5.23. The molecule has 0 aliphatic carbocycles. The summed E-state index contributed by atoms with van der Waals surface area (Å²) in [6.07, 6.45) is 8.54. The van der Waals surface area contributed by atoms with Crippen molar-refractivity contribution in [1.82, 2.24) is 24.4 Å². The Hall–Kier alpha value is -2.24. The number of aryl methyl sites for hydroxylation is 1. The number of imidazole rings is 1. The van der Waals surface area contributed by atoms with E-state index in [4.69, 9.17) is 0 Å². The summed E-state index contributed by atoms with van der Waals surface area (Å²) in [5.41, 5.74) is 2.56. The fourth-order valence-corrected chi connectivity index (χ4v) is 3.44. The third kappa shape index (κ3) is 3.94. The Morgan fingerprint density at radius 1 is 1.12 bits per heavy atom. The number of hydrogen-bond donors (Lipinski definition) is 0. The number of amides is 1. The van der Waals surface area contributed by atoms with Crippen molar-refractivity contribution in [3.63, 3.8) is 0 Å². The van der Waals surface area contributed by atoms with Gasteiger partial charge in [0.2, 0.25) is 5.91 Å². The first-order chi connectivity index (χ1) is 12.3. The van der Waals surface area contributed by atoms with Crippen LogP contribution < -0.4 is 0 Å². The third-order valence-corrected chi connectivity index (χ3v) is 5.23. The molecule has 3 heterocycles. The zero-order valence-corrected chi connectivity index (χ0v) is 16.5. The van der Waals surface area contributed by atoms with E-state index in [2.05, 4.69) is 15.0 Å². The summed E-state index contributed by atoms with van der Waals surface area (Å²) in [7, 11) is 1.99. The Morgan fingerprint density at radius 2 is 1.81 bits per heavy atom. The van der Waals surface area contributed by atoms with Gasteiger partial charge in [0.1, 0.15) is 11.5 Å². The van der Waals surface area contributed by atoms with E-state index in [0.29, 0.717) is 5.92 Å². The van der Waals surface area contributed by atoms with Crippen molar-refractivity contribution >= 4 is 5.91 Å². The highest BCUT2D eigenvalue weighted by Crippen LogP contribution is 2.25. The summed E-state index contributed by atoms with van der Waals surface area (Å²) >= 11 is 0. The maximum Gasteiger partial charge on any atom is 0.227 e. The number of carbonyl (C=O) groups is 1. The van der Waals surface area contributed by atoms with E-state index in [1.165, 1.54) is 0 Å². The molecule has 0 aromatic carbocycles. The number of aromatic nitrogens is 4. The van der Waals surface area contributed by atoms with Crippen molar-refractivity contribution in [1.29, 1.82) is 0 Å². The maximum atomic E-state index is 12.4. The van der Waals surface area contributed by atoms with Crippen LogP contribution in [0.15, 0.2) is 18.6 Å². The van der Waals surface area contributed by atoms with Gasteiger partial charge in [-0.25, -0.2) is 4.98 Å². The first-order valence-corrected chi connectivity index (χ1v) is 9.34. The Labute approximate surface area is 155 Å². The van der Waals surface area contributed by atoms with Gasteiger partial charge in [-0.15, -0.1) is 0 Å². The number of piperidine rings is 1. The molecule has 26 heavy (non-hydrogen) atoms. The summed E-state index contributed by atoms with van der Waals surface area (Å²) < 4.78 is 2.02. The van der Waals surface area contributed by atoms with Crippen LogP contribution in [0.4, 0.5) is 0 Å². The molecule has 1 fully saturated rings. The predicted octanol–water partition coefficient (Wildman–Crippen LogP) is 3.01. The summed E-state index contributed by atoms with van der Waals surface area (Å²) in [5.74, 6) is 1.78. The van der Waals surface area contributed by atoms with Gasteiger partial charge in [0.05, 0.1) is 23.8 Å². The molecule has 0 N–H and O–H groups in total. The molecule has 0 atom stereocenters. The Balaban J connectivity index is 1.57. The molecular weight excluding hydrogens is 326 g/mol. The number of rotatable bonds is 3. The predicted molar refractivity (Wildman–Crippen MR) is 101 cm³/mol. The van der Waals surface area contributed by atoms with E-state index in [9.17, 15) is 4.79 Å². The first-order valence-electron chi connectivity index (χ1n) is 9.34. The van der Waals surface area contributed by atoms with Crippen LogP contribution in [0.5, 0.6) is 0 Å². The molecule has 0 bridgehead atoms. The Kier molecular flexibility index (Phi) is 5.12. The number of likely N-dealkylation sites (tertiary alicyclic amines) is 1. The largest absolute Gasteiger partial charge is 0.342 e. The second kappa shape index (κ2) is 7.17. The van der Waals surface area contributed by atoms with Crippen molar-refractivity contribution in [3.8, 4) is 11.4 Å². The van der Waals surface area contributed by atoms with Gasteiger partial charge in [0.25, 0.3) is 0 Å². The minimum atomic E-state index is -0.293. The van der Waals surface area contributed by atoms with Gasteiger partial charge >= 0.3 is 0 Å². The summed E-state index contributed by atoms with van der Waals surface area (Å²) in [5, 5.41) is 0. The van der Waals surface area contributed by atoms with Crippen LogP contribution in [0.25, 0.3) is 11.4 Å². The fourth-order valence-electron chi connectivity index (χ4n) is 3.44. The molecule has 1 amide bonds. The summed E-state index contributed by atoms with van der Waals surface area (Å²) in [4.78, 5) is 27.9. The first kappa shape index (κ1) is 18.5. The van der Waals surface area contributed by atoms with E-state index < -0.39 is 0 Å². The molecule has 0 radical (unpaired) electrons. The Morgan fingerprint density at radius 3 is 2.31 bits per heavy atom. The highest BCUT2D eigenvalue weighted by molar-refractivity contribution is 5.81. The van der Waals surface area contributed by atoms with Crippen LogP contribution in [0.2, 0.25) is 0 Å². The lowest BCUT2D eigenvalue weighted by molar-refractivity contribution is -0.140. The standard InChI is InChI=1S/C20H29N5O/c1-14-21-13-18(24(14)5)17-12-22-16(11-23-17)10-15-6-8-25(9-7-15)19(26)20(2,3)4/h11-13,15H,6-10H2,1-5H3. The average Bonchev–Trinajstić information content (AvgIpc) is 2.94. The Bertz CT molecular complexity index is 764. The summed E-state index contributed by atoms with van der Waals surface area (Å²) in [6.45, 7) is 9.64. The fraction of sp³-hybridized carbons (Fsp3) is 0.600. The monoisotopic (exact) mass is 355 g/mol. The second-order valence-corrected chi connectivity index (χ2v) is 8.33. The van der Waals surface area contributed by atoms with E-state index in [0.717, 1.165) is 55.3 Å². The highest BCUT2D eigenvalue weighted by atomic mass is 16.2. The van der Waals surface area contributed by atoms with Gasteiger partial charge in [-0.1, -0.05) is 20.8 Å². The molecule has 0 saturated carbocycles. The molecule has 1 aliphatic heterocycles. The molecule has 140 valence electrons. The minimum Gasteiger partial charge on any atom is -0.342 e. The van der Waals surface area contributed by atoms with E-state index in [-0.39, 0.29) is 11.3 Å². The lowest BCUT2D eigenvalue weighted by Crippen LogP contribution is -2.44. The van der Waals surface area contributed by atoms with Crippen LogP contribution in [-0.2, 0) is 18.3 Å². The van der Waals surface area contributed by atoms with Crippen LogP contribution in [0, 0.1) is 18.3 Å². The zero-order valence-electron chi connectivity index (χ0n) is 16.5. The van der Waals surface area contributed by atoms with Crippen LogP contribution in [0.3, 0.4) is 0 Å². The second-order valence-electron chi connectivity index (χ2n) is 8.33. The van der Waals surface area contributed by atoms with Crippen molar-refractivity contribution in [2.24, 2.45) is 18.4 Å². The SMILES string of the molecule is Cc1ncc(-c2cnc(CC3CCN(C(=O)C(C)(C)C)CC3)cn2)n1C. The lowest BCUT2D eigenvalue weighted by Gasteiger charge is -2.35. The van der Waals surface area contributed by atoms with Gasteiger partial charge in [-0.05, 0) is 32.1 Å².